The van der Waals surface area contributed by atoms with Gasteiger partial charge in [-0.05, 0) is 25.0 Å². The van der Waals surface area contributed by atoms with Gasteiger partial charge in [-0.15, -0.1) is 11.6 Å². The average Bonchev–Trinajstić information content (AvgIpc) is 3.22. The molecule has 0 radical (unpaired) electrons. The number of unbranched alkanes of at least 4 members (excludes halogenated alkanes) is 2. The van der Waals surface area contributed by atoms with Crippen LogP contribution in [0, 0.1) is 0 Å². The van der Waals surface area contributed by atoms with Crippen LogP contribution in [-0.4, -0.2) is 27.3 Å². The largest absolute Gasteiger partial charge is 0.481 e. The van der Waals surface area contributed by atoms with Gasteiger partial charge in [-0.25, -0.2) is 0 Å². The van der Waals surface area contributed by atoms with Gasteiger partial charge >= 0.3 is 5.97 Å². The third-order valence-corrected chi connectivity index (χ3v) is 4.58. The Balaban J connectivity index is 0.000000326. The Morgan fingerprint density at radius 2 is 1.88 bits per heavy atom. The predicted octanol–water partition coefficient (Wildman–Crippen LogP) is 4.71. The Bertz CT molecular complexity index is 705. The highest BCUT2D eigenvalue weighted by molar-refractivity contribution is 6.17. The van der Waals surface area contributed by atoms with Crippen molar-refractivity contribution in [2.24, 2.45) is 0 Å². The molecule has 0 aliphatic carbocycles. The fourth-order valence-corrected chi connectivity index (χ4v) is 3.16. The number of aliphatic carboxylic acids is 1. The van der Waals surface area contributed by atoms with Gasteiger partial charge in [0.2, 0.25) is 5.78 Å². The number of carbonyl (C=O) groups excluding carboxylic acids is 1. The first-order valence-electron chi connectivity index (χ1n) is 8.68. The molecule has 5 heteroatoms. The lowest BCUT2D eigenvalue weighted by Crippen LogP contribution is -2.09. The minimum atomic E-state index is -0.824. The number of alkyl halides is 1. The summed E-state index contributed by atoms with van der Waals surface area (Å²) in [5.74, 6) is -0.542. The molecule has 3 rings (SSSR count). The molecule has 1 aromatic carbocycles. The van der Waals surface area contributed by atoms with Gasteiger partial charge in [0, 0.05) is 23.7 Å². The van der Waals surface area contributed by atoms with Gasteiger partial charge in [0.15, 0.2) is 0 Å². The predicted molar refractivity (Wildman–Crippen MR) is 99.5 cm³/mol. The maximum Gasteiger partial charge on any atom is 0.312 e. The van der Waals surface area contributed by atoms with Gasteiger partial charge in [-0.1, -0.05) is 50.1 Å². The quantitative estimate of drug-likeness (QED) is 0.460. The third kappa shape index (κ3) is 4.73. The second kappa shape index (κ2) is 9.42. The molecule has 1 atom stereocenters. The summed E-state index contributed by atoms with van der Waals surface area (Å²) in [6.07, 6.45) is 4.29. The number of hydrogen-bond acceptors (Lipinski definition) is 2. The van der Waals surface area contributed by atoms with Crippen molar-refractivity contribution in [3.8, 4) is 0 Å². The number of carboxylic acid groups (broad SMARTS) is 1. The summed E-state index contributed by atoms with van der Waals surface area (Å²) < 4.78 is 1.83. The van der Waals surface area contributed by atoms with E-state index in [1.165, 1.54) is 19.3 Å². The summed E-state index contributed by atoms with van der Waals surface area (Å²) in [5, 5.41) is 9.13. The molecule has 25 heavy (non-hydrogen) atoms. The van der Waals surface area contributed by atoms with Crippen LogP contribution in [0.1, 0.15) is 60.3 Å². The molecule has 0 fully saturated rings. The standard InChI is InChI=1S/C15H13NO3.C5H11Cl/c17-14(10-4-2-1-3-5-10)13-7-6-12-11(15(18)19)8-9-16(12)13;1-2-3-4-5-6/h1-7,11H,8-9H2,(H,18,19);2-5H2,1H3. The topological polar surface area (TPSA) is 59.3 Å². The van der Waals surface area contributed by atoms with Crippen LogP contribution in [-0.2, 0) is 11.3 Å². The minimum absolute atomic E-state index is 0.0575. The van der Waals surface area contributed by atoms with Crippen molar-refractivity contribution in [2.75, 3.05) is 5.88 Å². The first-order valence-corrected chi connectivity index (χ1v) is 9.21. The van der Waals surface area contributed by atoms with Crippen LogP contribution in [0.5, 0.6) is 0 Å². The molecule has 134 valence electrons. The molecular weight excluding hydrogens is 338 g/mol. The number of carbonyl (C=O) groups is 2. The molecule has 0 saturated heterocycles. The number of fused-ring (bicyclic) bond motifs is 1. The SMILES string of the molecule is CCCCCCl.O=C(c1ccccc1)c1ccc2n1CCC2C(=O)O. The van der Waals surface area contributed by atoms with E-state index in [0.29, 0.717) is 24.2 Å². The number of rotatable bonds is 6. The van der Waals surface area contributed by atoms with E-state index in [4.69, 9.17) is 16.7 Å². The molecule has 0 bridgehead atoms. The van der Waals surface area contributed by atoms with Crippen LogP contribution in [0.3, 0.4) is 0 Å². The Labute approximate surface area is 153 Å². The van der Waals surface area contributed by atoms with Gasteiger partial charge in [-0.2, -0.15) is 0 Å². The number of aromatic nitrogens is 1. The number of carboxylic acids is 1. The van der Waals surface area contributed by atoms with Crippen molar-refractivity contribution in [1.82, 2.24) is 4.57 Å². The number of hydrogen-bond donors (Lipinski definition) is 1. The molecular formula is C20H24ClNO3. The second-order valence-electron chi connectivity index (χ2n) is 6.07. The average molecular weight is 362 g/mol. The summed E-state index contributed by atoms with van der Waals surface area (Å²) >= 11 is 5.38. The lowest BCUT2D eigenvalue weighted by atomic mass is 10.1. The van der Waals surface area contributed by atoms with Crippen molar-refractivity contribution in [3.63, 3.8) is 0 Å². The van der Waals surface area contributed by atoms with Gasteiger partial charge in [-0.3, -0.25) is 9.59 Å². The Hall–Kier alpha value is -2.07. The number of benzene rings is 1. The molecule has 1 unspecified atom stereocenters. The first-order chi connectivity index (χ1) is 12.1. The lowest BCUT2D eigenvalue weighted by Gasteiger charge is -2.05. The molecule has 4 nitrogen and oxygen atoms in total. The van der Waals surface area contributed by atoms with Crippen molar-refractivity contribution >= 4 is 23.4 Å². The second-order valence-corrected chi connectivity index (χ2v) is 6.44. The van der Waals surface area contributed by atoms with Crippen LogP contribution in [0.2, 0.25) is 0 Å². The summed E-state index contributed by atoms with van der Waals surface area (Å²) in [6, 6.07) is 12.5. The van der Waals surface area contributed by atoms with Crippen LogP contribution in [0.15, 0.2) is 42.5 Å². The van der Waals surface area contributed by atoms with E-state index in [-0.39, 0.29) is 5.78 Å². The highest BCUT2D eigenvalue weighted by atomic mass is 35.5. The van der Waals surface area contributed by atoms with Gasteiger partial charge in [0.05, 0.1) is 11.6 Å². The van der Waals surface area contributed by atoms with Crippen molar-refractivity contribution in [3.05, 3.63) is 59.4 Å². The van der Waals surface area contributed by atoms with Gasteiger partial charge in [0.1, 0.15) is 0 Å². The summed E-state index contributed by atoms with van der Waals surface area (Å²) in [6.45, 7) is 2.76. The molecule has 0 saturated carbocycles. The van der Waals surface area contributed by atoms with E-state index in [2.05, 4.69) is 6.92 Å². The van der Waals surface area contributed by atoms with Crippen LogP contribution in [0.4, 0.5) is 0 Å². The van der Waals surface area contributed by atoms with E-state index < -0.39 is 11.9 Å². The van der Waals surface area contributed by atoms with Crippen molar-refractivity contribution < 1.29 is 14.7 Å². The van der Waals surface area contributed by atoms with E-state index in [1.807, 2.05) is 22.8 Å². The highest BCUT2D eigenvalue weighted by Gasteiger charge is 2.31. The first kappa shape index (κ1) is 19.3. The number of halogens is 1. The van der Waals surface area contributed by atoms with E-state index in [1.54, 1.807) is 24.3 Å². The van der Waals surface area contributed by atoms with E-state index in [9.17, 15) is 9.59 Å². The Morgan fingerprint density at radius 1 is 1.16 bits per heavy atom. The molecule has 0 amide bonds. The Morgan fingerprint density at radius 3 is 2.44 bits per heavy atom. The maximum absolute atomic E-state index is 12.4. The number of nitrogens with zero attached hydrogens (tertiary/aromatic N) is 1. The summed E-state index contributed by atoms with van der Waals surface area (Å²) in [7, 11) is 0. The zero-order valence-electron chi connectivity index (χ0n) is 14.5. The molecule has 0 spiro atoms. The minimum Gasteiger partial charge on any atom is -0.481 e. The van der Waals surface area contributed by atoms with E-state index >= 15 is 0 Å². The van der Waals surface area contributed by atoms with Gasteiger partial charge < -0.3 is 9.67 Å². The normalized spacial score (nSPS) is 15.2. The highest BCUT2D eigenvalue weighted by Crippen LogP contribution is 2.31. The third-order valence-electron chi connectivity index (χ3n) is 4.32. The van der Waals surface area contributed by atoms with Gasteiger partial charge in [0.25, 0.3) is 0 Å². The molecule has 2 aromatic rings. The smallest absolute Gasteiger partial charge is 0.312 e. The molecule has 1 aromatic heterocycles. The van der Waals surface area contributed by atoms with Crippen LogP contribution >= 0.6 is 11.6 Å². The lowest BCUT2D eigenvalue weighted by molar-refractivity contribution is -0.138. The fourth-order valence-electron chi connectivity index (χ4n) is 2.97. The molecule has 1 aliphatic heterocycles. The maximum atomic E-state index is 12.4. The van der Waals surface area contributed by atoms with Crippen LogP contribution in [0.25, 0.3) is 0 Å². The Kier molecular flexibility index (Phi) is 7.26. The van der Waals surface area contributed by atoms with Crippen molar-refractivity contribution in [2.45, 2.75) is 45.1 Å². The monoisotopic (exact) mass is 361 g/mol. The van der Waals surface area contributed by atoms with Crippen LogP contribution < -0.4 is 0 Å². The summed E-state index contributed by atoms with van der Waals surface area (Å²) in [4.78, 5) is 23.5. The van der Waals surface area contributed by atoms with Crippen molar-refractivity contribution in [1.29, 1.82) is 0 Å². The fraction of sp³-hybridized carbons (Fsp3) is 0.400. The summed E-state index contributed by atoms with van der Waals surface area (Å²) in [5.41, 5.74) is 1.93. The number of ketones is 1. The molecule has 2 heterocycles. The zero-order chi connectivity index (χ0) is 18.2. The zero-order valence-corrected chi connectivity index (χ0v) is 15.2. The van der Waals surface area contributed by atoms with E-state index in [0.717, 1.165) is 11.6 Å². The molecule has 1 aliphatic rings. The molecule has 1 N–H and O–H groups in total.